The Labute approximate surface area is 74.3 Å². The lowest BCUT2D eigenvalue weighted by molar-refractivity contribution is -0.908. The summed E-state index contributed by atoms with van der Waals surface area (Å²) in [5.74, 6) is 0.300. The molecule has 1 rings (SSSR count). The van der Waals surface area contributed by atoms with Crippen LogP contribution in [0, 0.1) is 0 Å². The van der Waals surface area contributed by atoms with Gasteiger partial charge < -0.3 is 9.80 Å². The smallest absolute Gasteiger partial charge is 0.222 e. The van der Waals surface area contributed by atoms with E-state index in [0.717, 1.165) is 19.6 Å². The number of hydrogen-bond acceptors (Lipinski definition) is 1. The maximum atomic E-state index is 11.3. The summed E-state index contributed by atoms with van der Waals surface area (Å²) in [5.41, 5.74) is 0. The molecule has 0 saturated carbocycles. The van der Waals surface area contributed by atoms with Gasteiger partial charge in [-0.3, -0.25) is 4.79 Å². The lowest BCUT2D eigenvalue weighted by Gasteiger charge is -2.34. The van der Waals surface area contributed by atoms with Crippen LogP contribution in [-0.4, -0.2) is 43.5 Å². The van der Waals surface area contributed by atoms with Crippen LogP contribution < -0.4 is 4.90 Å². The second kappa shape index (κ2) is 3.90. The summed E-state index contributed by atoms with van der Waals surface area (Å²) < 4.78 is 0. The zero-order valence-electron chi connectivity index (χ0n) is 8.26. The first-order valence-corrected chi connectivity index (χ1v) is 4.75. The molecule has 0 aromatic rings. The van der Waals surface area contributed by atoms with E-state index in [1.807, 2.05) is 11.8 Å². The van der Waals surface area contributed by atoms with Gasteiger partial charge in [-0.2, -0.15) is 0 Å². The Kier molecular flexibility index (Phi) is 3.09. The highest BCUT2D eigenvalue weighted by atomic mass is 16.2. The molecule has 2 atom stereocenters. The SMILES string of the molecule is CCC(=O)N1CC[NH+](C)C(C)C1. The first-order chi connectivity index (χ1) is 5.65. The molecule has 0 radical (unpaired) electrons. The van der Waals surface area contributed by atoms with Crippen molar-refractivity contribution in [3.8, 4) is 0 Å². The molecule has 1 aliphatic rings. The highest BCUT2D eigenvalue weighted by molar-refractivity contribution is 5.75. The fraction of sp³-hybridized carbons (Fsp3) is 0.889. The van der Waals surface area contributed by atoms with Crippen molar-refractivity contribution in [3.63, 3.8) is 0 Å². The lowest BCUT2D eigenvalue weighted by atomic mass is 10.2. The third kappa shape index (κ3) is 1.97. The van der Waals surface area contributed by atoms with Gasteiger partial charge in [-0.05, 0) is 6.92 Å². The van der Waals surface area contributed by atoms with Crippen LogP contribution in [0.2, 0.25) is 0 Å². The van der Waals surface area contributed by atoms with Crippen molar-refractivity contribution in [2.45, 2.75) is 26.3 Å². The second-order valence-corrected chi connectivity index (χ2v) is 3.69. The van der Waals surface area contributed by atoms with Gasteiger partial charge in [0.2, 0.25) is 5.91 Å². The third-order valence-corrected chi connectivity index (χ3v) is 2.77. The monoisotopic (exact) mass is 171 g/mol. The van der Waals surface area contributed by atoms with Crippen LogP contribution in [-0.2, 0) is 4.79 Å². The number of hydrogen-bond donors (Lipinski definition) is 1. The van der Waals surface area contributed by atoms with Crippen LogP contribution in [0.4, 0.5) is 0 Å². The molecule has 2 unspecified atom stereocenters. The first-order valence-electron chi connectivity index (χ1n) is 4.75. The van der Waals surface area contributed by atoms with Crippen LogP contribution in [0.5, 0.6) is 0 Å². The Bertz CT molecular complexity index is 170. The first kappa shape index (κ1) is 9.52. The molecule has 1 fully saturated rings. The van der Waals surface area contributed by atoms with Crippen molar-refractivity contribution in [2.24, 2.45) is 0 Å². The van der Waals surface area contributed by atoms with Gasteiger partial charge in [0, 0.05) is 6.42 Å². The topological polar surface area (TPSA) is 24.8 Å². The predicted molar refractivity (Wildman–Crippen MR) is 48.1 cm³/mol. The van der Waals surface area contributed by atoms with Gasteiger partial charge in [0.05, 0.1) is 26.7 Å². The summed E-state index contributed by atoms with van der Waals surface area (Å²) in [6.07, 6.45) is 0.645. The van der Waals surface area contributed by atoms with E-state index in [0.29, 0.717) is 18.4 Å². The maximum Gasteiger partial charge on any atom is 0.222 e. The molecule has 1 amide bonds. The maximum absolute atomic E-state index is 11.3. The average Bonchev–Trinajstić information content (AvgIpc) is 2.08. The number of rotatable bonds is 1. The van der Waals surface area contributed by atoms with Crippen LogP contribution in [0.1, 0.15) is 20.3 Å². The molecule has 1 N–H and O–H groups in total. The van der Waals surface area contributed by atoms with Crippen molar-refractivity contribution in [3.05, 3.63) is 0 Å². The van der Waals surface area contributed by atoms with Gasteiger partial charge in [0.25, 0.3) is 0 Å². The van der Waals surface area contributed by atoms with Crippen molar-refractivity contribution >= 4 is 5.91 Å². The van der Waals surface area contributed by atoms with E-state index in [-0.39, 0.29) is 0 Å². The summed E-state index contributed by atoms with van der Waals surface area (Å²) in [4.78, 5) is 14.9. The van der Waals surface area contributed by atoms with Crippen molar-refractivity contribution in [1.29, 1.82) is 0 Å². The molecule has 0 aromatic heterocycles. The summed E-state index contributed by atoms with van der Waals surface area (Å²) >= 11 is 0. The van der Waals surface area contributed by atoms with Gasteiger partial charge in [-0.25, -0.2) is 0 Å². The van der Waals surface area contributed by atoms with E-state index in [2.05, 4.69) is 14.0 Å². The highest BCUT2D eigenvalue weighted by Gasteiger charge is 2.25. The van der Waals surface area contributed by atoms with Crippen LogP contribution >= 0.6 is 0 Å². The van der Waals surface area contributed by atoms with E-state index in [1.165, 1.54) is 4.90 Å². The Morgan fingerprint density at radius 3 is 2.83 bits per heavy atom. The van der Waals surface area contributed by atoms with Crippen LogP contribution in [0.25, 0.3) is 0 Å². The summed E-state index contributed by atoms with van der Waals surface area (Å²) in [6.45, 7) is 7.08. The fourth-order valence-corrected chi connectivity index (χ4v) is 1.59. The summed E-state index contributed by atoms with van der Waals surface area (Å²) in [5, 5.41) is 0. The molecular weight excluding hydrogens is 152 g/mol. The van der Waals surface area contributed by atoms with Gasteiger partial charge >= 0.3 is 0 Å². The summed E-state index contributed by atoms with van der Waals surface area (Å²) in [6, 6.07) is 0.592. The molecule has 1 aliphatic heterocycles. The molecule has 1 heterocycles. The lowest BCUT2D eigenvalue weighted by Crippen LogP contribution is -3.15. The van der Waals surface area contributed by atoms with Gasteiger partial charge in [0.1, 0.15) is 6.04 Å². The number of carbonyl (C=O) groups excluding carboxylic acids is 1. The Morgan fingerprint density at radius 2 is 2.33 bits per heavy atom. The number of carbonyl (C=O) groups is 1. The number of piperazine rings is 1. The highest BCUT2D eigenvalue weighted by Crippen LogP contribution is 1.97. The molecule has 0 bridgehead atoms. The molecule has 3 heteroatoms. The molecular formula is C9H19N2O+. The molecule has 0 aromatic carbocycles. The van der Waals surface area contributed by atoms with E-state index < -0.39 is 0 Å². The molecule has 0 spiro atoms. The molecule has 1 saturated heterocycles. The third-order valence-electron chi connectivity index (χ3n) is 2.77. The molecule has 3 nitrogen and oxygen atoms in total. The number of likely N-dealkylation sites (N-methyl/N-ethyl adjacent to an activating group) is 1. The zero-order valence-corrected chi connectivity index (χ0v) is 8.26. The van der Waals surface area contributed by atoms with E-state index in [9.17, 15) is 4.79 Å². The molecule has 70 valence electrons. The largest absolute Gasteiger partial charge is 0.332 e. The minimum atomic E-state index is 0.300. The Hall–Kier alpha value is -0.570. The average molecular weight is 171 g/mol. The second-order valence-electron chi connectivity index (χ2n) is 3.69. The minimum Gasteiger partial charge on any atom is -0.332 e. The van der Waals surface area contributed by atoms with Crippen molar-refractivity contribution in [1.82, 2.24) is 4.90 Å². The standard InChI is InChI=1S/C9H18N2O/c1-4-9(12)11-6-5-10(3)8(2)7-11/h8H,4-7H2,1-3H3/p+1. The van der Waals surface area contributed by atoms with Gasteiger partial charge in [0.15, 0.2) is 0 Å². The Balaban J connectivity index is 2.45. The quantitative estimate of drug-likeness (QED) is 0.546. The fourth-order valence-electron chi connectivity index (χ4n) is 1.59. The number of amides is 1. The molecule has 0 aliphatic carbocycles. The van der Waals surface area contributed by atoms with E-state index in [1.54, 1.807) is 0 Å². The van der Waals surface area contributed by atoms with Crippen molar-refractivity contribution < 1.29 is 9.69 Å². The number of nitrogens with one attached hydrogen (secondary N) is 1. The van der Waals surface area contributed by atoms with E-state index in [4.69, 9.17) is 0 Å². The van der Waals surface area contributed by atoms with Gasteiger partial charge in [-0.1, -0.05) is 6.92 Å². The van der Waals surface area contributed by atoms with Gasteiger partial charge in [-0.15, -0.1) is 0 Å². The zero-order chi connectivity index (χ0) is 9.14. The predicted octanol–water partition coefficient (Wildman–Crippen LogP) is -0.858. The normalized spacial score (nSPS) is 30.4. The van der Waals surface area contributed by atoms with Crippen LogP contribution in [0.15, 0.2) is 0 Å². The Morgan fingerprint density at radius 1 is 1.67 bits per heavy atom. The van der Waals surface area contributed by atoms with Crippen molar-refractivity contribution in [2.75, 3.05) is 26.7 Å². The summed E-state index contributed by atoms with van der Waals surface area (Å²) in [7, 11) is 2.19. The molecule has 12 heavy (non-hydrogen) atoms. The van der Waals surface area contributed by atoms with Crippen LogP contribution in [0.3, 0.4) is 0 Å². The van der Waals surface area contributed by atoms with E-state index >= 15 is 0 Å². The minimum absolute atomic E-state index is 0.300. The number of nitrogens with zero attached hydrogens (tertiary/aromatic N) is 1. The number of quaternary nitrogens is 1.